The average molecular weight is 144 g/mol. The molecule has 0 heterocycles. The Morgan fingerprint density at radius 1 is 1.00 bits per heavy atom. The molecule has 0 aromatic heterocycles. The second-order valence-corrected chi connectivity index (χ2v) is 4.08. The maximum Gasteiger partial charge on any atom is 1.00 e. The summed E-state index contributed by atoms with van der Waals surface area (Å²) >= 11 is 0. The van der Waals surface area contributed by atoms with E-state index in [1.807, 2.05) is 5.92 Å². The maximum absolute atomic E-state index is 2.42. The Kier molecular flexibility index (Phi) is 3.53. The molecule has 1 unspecified atom stereocenters. The van der Waals surface area contributed by atoms with Crippen molar-refractivity contribution >= 4 is 0 Å². The van der Waals surface area contributed by atoms with Gasteiger partial charge in [0, 0.05) is 0 Å². The summed E-state index contributed by atoms with van der Waals surface area (Å²) in [6, 6.07) is 0. The average Bonchev–Trinajstić information content (AvgIpc) is 2.24. The molecule has 58 valence electrons. The zero-order chi connectivity index (χ0) is 6.97. The normalized spacial score (nSPS) is 37.9. The van der Waals surface area contributed by atoms with E-state index in [1.54, 1.807) is 0 Å². The molecule has 11 heavy (non-hydrogen) atoms. The van der Waals surface area contributed by atoms with E-state index < -0.39 is 0 Å². The van der Waals surface area contributed by atoms with Crippen LogP contribution < -0.4 is 18.9 Å². The molecule has 0 aromatic carbocycles. The van der Waals surface area contributed by atoms with Gasteiger partial charge in [-0.25, -0.2) is 0 Å². The quantitative estimate of drug-likeness (QED) is 0.336. The number of hydrogen-bond acceptors (Lipinski definition) is 0. The van der Waals surface area contributed by atoms with Crippen LogP contribution in [0.15, 0.2) is 0 Å². The van der Waals surface area contributed by atoms with Crippen LogP contribution in [0, 0.1) is 17.8 Å². The smallest absolute Gasteiger partial charge is 0.311 e. The van der Waals surface area contributed by atoms with E-state index in [-0.39, 0.29) is 18.9 Å². The summed E-state index contributed by atoms with van der Waals surface area (Å²) in [7, 11) is 0. The summed E-state index contributed by atoms with van der Waals surface area (Å²) in [5, 5.41) is 0. The van der Waals surface area contributed by atoms with Gasteiger partial charge in [0.15, 0.2) is 0 Å². The van der Waals surface area contributed by atoms with Crippen molar-refractivity contribution in [3.8, 4) is 0 Å². The Labute approximate surface area is 82.3 Å². The Bertz CT molecular complexity index is 114. The molecular weight excluding hydrogens is 127 g/mol. The molecule has 0 nitrogen and oxygen atoms in total. The van der Waals surface area contributed by atoms with Gasteiger partial charge in [-0.15, -0.1) is 0 Å². The van der Waals surface area contributed by atoms with Crippen molar-refractivity contribution in [1.29, 1.82) is 0 Å². The van der Waals surface area contributed by atoms with Crippen LogP contribution in [0.25, 0.3) is 0 Å². The Morgan fingerprint density at radius 2 is 1.64 bits per heavy atom. The van der Waals surface area contributed by atoms with Gasteiger partial charge in [0.05, 0.1) is 0 Å². The van der Waals surface area contributed by atoms with Gasteiger partial charge < -0.3 is 5.92 Å². The van der Waals surface area contributed by atoms with Crippen LogP contribution in [0.2, 0.25) is 0 Å². The molecule has 3 aliphatic rings. The monoisotopic (exact) mass is 144 g/mol. The van der Waals surface area contributed by atoms with Gasteiger partial charge in [-0.1, -0.05) is 32.6 Å². The largest absolute Gasteiger partial charge is 1.00 e. The number of fused-ring (bicyclic) bond motifs is 4. The summed E-state index contributed by atoms with van der Waals surface area (Å²) in [5.74, 6) is 3.95. The molecule has 0 amide bonds. The van der Waals surface area contributed by atoms with Crippen LogP contribution in [-0.2, 0) is 0 Å². The third kappa shape index (κ3) is 2.04. The van der Waals surface area contributed by atoms with Crippen molar-refractivity contribution in [2.45, 2.75) is 45.4 Å². The summed E-state index contributed by atoms with van der Waals surface area (Å²) in [4.78, 5) is 0. The topological polar surface area (TPSA) is 0 Å². The molecule has 1 atom stereocenters. The fourth-order valence-electron chi connectivity index (χ4n) is 2.52. The molecule has 0 spiro atoms. The molecule has 0 N–H and O–H groups in total. The van der Waals surface area contributed by atoms with Crippen LogP contribution in [-0.4, -0.2) is 0 Å². The van der Waals surface area contributed by atoms with Gasteiger partial charge in [-0.2, -0.15) is 18.8 Å². The molecule has 0 saturated heterocycles. The van der Waals surface area contributed by atoms with Crippen molar-refractivity contribution in [2.24, 2.45) is 11.8 Å². The van der Waals surface area contributed by atoms with Gasteiger partial charge >= 0.3 is 18.9 Å². The molecule has 3 fully saturated rings. The van der Waals surface area contributed by atoms with Crippen molar-refractivity contribution in [3.05, 3.63) is 5.92 Å². The second kappa shape index (κ2) is 4.01. The van der Waals surface area contributed by atoms with Crippen LogP contribution in [0.3, 0.4) is 0 Å². The standard InChI is InChI=1S/C10H17.Li/c1-8-2-3-9-4-6-10(8)7-5-9;/h8-9H,2-7H2,1H3;/q-1;+1. The zero-order valence-electron chi connectivity index (χ0n) is 7.90. The van der Waals surface area contributed by atoms with Gasteiger partial charge in [-0.05, 0) is 5.92 Å². The van der Waals surface area contributed by atoms with E-state index in [1.165, 1.54) is 38.5 Å². The predicted molar refractivity (Wildman–Crippen MR) is 43.6 cm³/mol. The summed E-state index contributed by atoms with van der Waals surface area (Å²) < 4.78 is 0. The Morgan fingerprint density at radius 3 is 2.27 bits per heavy atom. The minimum Gasteiger partial charge on any atom is -0.311 e. The maximum atomic E-state index is 2.42. The zero-order valence-corrected chi connectivity index (χ0v) is 7.90. The van der Waals surface area contributed by atoms with Gasteiger partial charge in [0.1, 0.15) is 0 Å². The molecule has 3 rings (SSSR count). The molecule has 0 aromatic rings. The first-order chi connectivity index (χ1) is 4.86. The van der Waals surface area contributed by atoms with E-state index in [9.17, 15) is 0 Å². The fourth-order valence-corrected chi connectivity index (χ4v) is 2.52. The van der Waals surface area contributed by atoms with Crippen LogP contribution in [0.5, 0.6) is 0 Å². The first-order valence-corrected chi connectivity index (χ1v) is 4.71. The minimum absolute atomic E-state index is 0. The molecule has 3 saturated carbocycles. The first kappa shape index (κ1) is 9.68. The SMILES string of the molecule is CC1CCC2CC[C-]1CC2.[Li+]. The van der Waals surface area contributed by atoms with E-state index in [4.69, 9.17) is 0 Å². The number of hydrogen-bond donors (Lipinski definition) is 0. The minimum atomic E-state index is 0. The summed E-state index contributed by atoms with van der Waals surface area (Å²) in [6.45, 7) is 2.42. The van der Waals surface area contributed by atoms with E-state index in [0.717, 1.165) is 11.8 Å². The molecule has 1 heteroatoms. The fraction of sp³-hybridized carbons (Fsp3) is 0.900. The van der Waals surface area contributed by atoms with Gasteiger partial charge in [0.25, 0.3) is 0 Å². The molecule has 3 aliphatic carbocycles. The Balaban J connectivity index is 0.000000605. The summed E-state index contributed by atoms with van der Waals surface area (Å²) in [6.07, 6.45) is 8.96. The van der Waals surface area contributed by atoms with Crippen LogP contribution in [0.1, 0.15) is 45.4 Å². The van der Waals surface area contributed by atoms with Crippen molar-refractivity contribution in [1.82, 2.24) is 0 Å². The molecule has 0 aliphatic heterocycles. The van der Waals surface area contributed by atoms with Crippen LogP contribution in [0.4, 0.5) is 0 Å². The van der Waals surface area contributed by atoms with Crippen molar-refractivity contribution in [3.63, 3.8) is 0 Å². The van der Waals surface area contributed by atoms with Crippen molar-refractivity contribution < 1.29 is 18.9 Å². The van der Waals surface area contributed by atoms with Gasteiger partial charge in [0.2, 0.25) is 0 Å². The van der Waals surface area contributed by atoms with Crippen molar-refractivity contribution in [2.75, 3.05) is 0 Å². The Hall–Kier alpha value is 0.597. The first-order valence-electron chi connectivity index (χ1n) is 4.71. The summed E-state index contributed by atoms with van der Waals surface area (Å²) in [5.41, 5.74) is 0. The van der Waals surface area contributed by atoms with E-state index in [0.29, 0.717) is 0 Å². The van der Waals surface area contributed by atoms with Gasteiger partial charge in [-0.3, -0.25) is 0 Å². The van der Waals surface area contributed by atoms with E-state index >= 15 is 0 Å². The predicted octanol–water partition coefficient (Wildman–Crippen LogP) is 0.185. The molecule has 2 bridgehead atoms. The third-order valence-electron chi connectivity index (χ3n) is 3.45. The van der Waals surface area contributed by atoms with E-state index in [2.05, 4.69) is 6.92 Å². The second-order valence-electron chi connectivity index (χ2n) is 4.08. The molecular formula is C10H17Li. The third-order valence-corrected chi connectivity index (χ3v) is 3.45. The number of rotatable bonds is 0. The van der Waals surface area contributed by atoms with Crippen LogP contribution >= 0.6 is 0 Å². The molecule has 0 radical (unpaired) electrons.